The Morgan fingerprint density at radius 1 is 0.452 bits per heavy atom. The molecule has 0 aromatic rings. The Bertz CT molecular complexity index is 1060. The molecule has 0 bridgehead atoms. The van der Waals surface area contributed by atoms with Gasteiger partial charge in [-0.1, -0.05) is 244 Å². The van der Waals surface area contributed by atoms with Crippen molar-refractivity contribution in [3.05, 3.63) is 24.3 Å². The first-order valence-electron chi connectivity index (χ1n) is 26.5. The smallest absolute Gasteiger partial charge is 0.462 e. The predicted octanol–water partition coefficient (Wildman–Crippen LogP) is 17.4. The summed E-state index contributed by atoms with van der Waals surface area (Å²) in [6.45, 7) is 3.91. The van der Waals surface area contributed by atoms with E-state index in [1.807, 2.05) is 0 Å². The van der Waals surface area contributed by atoms with Gasteiger partial charge in [0.1, 0.15) is 6.61 Å². The maximum absolute atomic E-state index is 12.6. The van der Waals surface area contributed by atoms with Gasteiger partial charge >= 0.3 is 19.8 Å². The summed E-state index contributed by atoms with van der Waals surface area (Å²) in [5.74, 6) is -0.793. The normalized spacial score (nSPS) is 13.3. The lowest BCUT2D eigenvalue weighted by Crippen LogP contribution is -2.29. The number of phosphoric ester groups is 1. The third-order valence-electron chi connectivity index (χ3n) is 11.9. The van der Waals surface area contributed by atoms with E-state index < -0.39 is 26.5 Å². The highest BCUT2D eigenvalue weighted by atomic mass is 31.2. The van der Waals surface area contributed by atoms with Gasteiger partial charge in [0.2, 0.25) is 0 Å². The van der Waals surface area contributed by atoms with Crippen LogP contribution in [0.1, 0.15) is 277 Å². The highest BCUT2D eigenvalue weighted by Crippen LogP contribution is 2.42. The van der Waals surface area contributed by atoms with Crippen LogP contribution in [-0.4, -0.2) is 43.3 Å². The van der Waals surface area contributed by atoms with Gasteiger partial charge in [0.05, 0.1) is 6.61 Å². The molecule has 1 N–H and O–H groups in total. The fourth-order valence-corrected chi connectivity index (χ4v) is 8.33. The number of ether oxygens (including phenoxy) is 2. The highest BCUT2D eigenvalue weighted by molar-refractivity contribution is 7.47. The van der Waals surface area contributed by atoms with E-state index in [-0.39, 0.29) is 19.0 Å². The summed E-state index contributed by atoms with van der Waals surface area (Å²) in [6.07, 6.45) is 58.2. The van der Waals surface area contributed by atoms with Gasteiger partial charge in [-0.3, -0.25) is 18.6 Å². The summed E-state index contributed by atoms with van der Waals surface area (Å²) in [5, 5.41) is 0. The molecule has 9 heteroatoms. The lowest BCUT2D eigenvalue weighted by Gasteiger charge is -2.19. The molecular weight excluding hydrogens is 796 g/mol. The zero-order chi connectivity index (χ0) is 45.3. The van der Waals surface area contributed by atoms with Gasteiger partial charge < -0.3 is 14.4 Å². The molecule has 2 atom stereocenters. The summed E-state index contributed by atoms with van der Waals surface area (Å²) >= 11 is 0. The summed E-state index contributed by atoms with van der Waals surface area (Å²) in [7, 11) is -3.20. The summed E-state index contributed by atoms with van der Waals surface area (Å²) in [5.41, 5.74) is 0. The Labute approximate surface area is 383 Å². The molecule has 0 aliphatic heterocycles. The lowest BCUT2D eigenvalue weighted by molar-refractivity contribution is -0.161. The second-order valence-corrected chi connectivity index (χ2v) is 19.6. The van der Waals surface area contributed by atoms with Crippen molar-refractivity contribution in [2.75, 3.05) is 20.3 Å². The van der Waals surface area contributed by atoms with Crippen LogP contribution in [0, 0.1) is 0 Å². The van der Waals surface area contributed by atoms with Gasteiger partial charge in [-0.2, -0.15) is 0 Å². The molecule has 62 heavy (non-hydrogen) atoms. The van der Waals surface area contributed by atoms with E-state index in [1.54, 1.807) is 0 Å². The van der Waals surface area contributed by atoms with Crippen molar-refractivity contribution in [3.63, 3.8) is 0 Å². The van der Waals surface area contributed by atoms with Gasteiger partial charge in [-0.15, -0.1) is 0 Å². The Balaban J connectivity index is 3.83. The average Bonchev–Trinajstić information content (AvgIpc) is 3.26. The van der Waals surface area contributed by atoms with Crippen molar-refractivity contribution in [3.8, 4) is 0 Å². The third kappa shape index (κ3) is 48.0. The first kappa shape index (κ1) is 60.5. The van der Waals surface area contributed by atoms with Crippen molar-refractivity contribution in [1.82, 2.24) is 0 Å². The minimum atomic E-state index is -4.27. The molecule has 0 aliphatic carbocycles. The van der Waals surface area contributed by atoms with Crippen molar-refractivity contribution in [2.24, 2.45) is 0 Å². The molecule has 0 amide bonds. The molecular formula is C53H101O8P. The van der Waals surface area contributed by atoms with Gasteiger partial charge in [0.25, 0.3) is 0 Å². The Morgan fingerprint density at radius 3 is 1.16 bits per heavy atom. The van der Waals surface area contributed by atoms with Crippen LogP contribution in [0.25, 0.3) is 0 Å². The number of unbranched alkanes of at least 4 members (excludes halogenated alkanes) is 35. The molecule has 2 unspecified atom stereocenters. The second kappa shape index (κ2) is 49.0. The van der Waals surface area contributed by atoms with Crippen LogP contribution < -0.4 is 0 Å². The number of carbonyl (C=O) groups excluding carboxylic acids is 2. The van der Waals surface area contributed by atoms with E-state index >= 15 is 0 Å². The van der Waals surface area contributed by atoms with E-state index in [9.17, 15) is 19.0 Å². The molecule has 0 radical (unpaired) electrons. The third-order valence-corrected chi connectivity index (χ3v) is 12.9. The predicted molar refractivity (Wildman–Crippen MR) is 263 cm³/mol. The molecule has 0 aliphatic rings. The lowest BCUT2D eigenvalue weighted by atomic mass is 10.0. The summed E-state index contributed by atoms with van der Waals surface area (Å²) in [6, 6.07) is 0. The number of esters is 2. The van der Waals surface area contributed by atoms with Gasteiger partial charge in [-0.05, 0) is 44.9 Å². The van der Waals surface area contributed by atoms with Crippen molar-refractivity contribution in [1.29, 1.82) is 0 Å². The maximum Gasteiger partial charge on any atom is 0.472 e. The first-order valence-corrected chi connectivity index (χ1v) is 28.0. The van der Waals surface area contributed by atoms with Crippen molar-refractivity contribution in [2.45, 2.75) is 283 Å². The molecule has 8 nitrogen and oxygen atoms in total. The van der Waals surface area contributed by atoms with Crippen molar-refractivity contribution >= 4 is 19.8 Å². The summed E-state index contributed by atoms with van der Waals surface area (Å²) in [4.78, 5) is 34.7. The molecule has 0 spiro atoms. The number of rotatable bonds is 50. The fraction of sp³-hybridized carbons (Fsp3) is 0.887. The molecule has 0 fully saturated rings. The molecule has 0 heterocycles. The molecule has 0 aromatic carbocycles. The van der Waals surface area contributed by atoms with Crippen LogP contribution in [0.4, 0.5) is 0 Å². The van der Waals surface area contributed by atoms with E-state index in [0.29, 0.717) is 12.8 Å². The van der Waals surface area contributed by atoms with Gasteiger partial charge in [-0.25, -0.2) is 4.57 Å². The summed E-state index contributed by atoms with van der Waals surface area (Å²) < 4.78 is 32.2. The first-order chi connectivity index (χ1) is 30.3. The van der Waals surface area contributed by atoms with E-state index in [4.69, 9.17) is 14.0 Å². The van der Waals surface area contributed by atoms with Crippen LogP contribution in [0.2, 0.25) is 0 Å². The number of hydrogen-bond acceptors (Lipinski definition) is 7. The fourth-order valence-electron chi connectivity index (χ4n) is 7.87. The molecule has 0 saturated heterocycles. The molecule has 0 saturated carbocycles. The van der Waals surface area contributed by atoms with Crippen molar-refractivity contribution < 1.29 is 37.6 Å². The minimum Gasteiger partial charge on any atom is -0.462 e. The Morgan fingerprint density at radius 2 is 0.774 bits per heavy atom. The van der Waals surface area contributed by atoms with E-state index in [0.717, 1.165) is 52.1 Å². The number of hydrogen-bond donors (Lipinski definition) is 1. The van der Waals surface area contributed by atoms with Crippen LogP contribution in [-0.2, 0) is 32.7 Å². The highest BCUT2D eigenvalue weighted by Gasteiger charge is 2.24. The molecule has 0 aromatic heterocycles. The number of allylic oxidation sites excluding steroid dienone is 4. The van der Waals surface area contributed by atoms with Crippen LogP contribution >= 0.6 is 7.82 Å². The number of carbonyl (C=O) groups is 2. The zero-order valence-electron chi connectivity index (χ0n) is 41.0. The van der Waals surface area contributed by atoms with Gasteiger partial charge in [0, 0.05) is 20.0 Å². The SMILES string of the molecule is CCCCC/C=C\C/C=C\CCCCCCCCCCCC(=O)OC(COC(=O)CCCCCCCCCCCCCCCCCCCCCCCCCC)COP(=O)(O)OC. The zero-order valence-corrected chi connectivity index (χ0v) is 41.9. The van der Waals surface area contributed by atoms with Crippen LogP contribution in [0.5, 0.6) is 0 Å². The molecule has 0 rings (SSSR count). The van der Waals surface area contributed by atoms with E-state index in [1.165, 1.54) is 199 Å². The largest absolute Gasteiger partial charge is 0.472 e. The maximum atomic E-state index is 12.6. The quantitative estimate of drug-likeness (QED) is 0.0278. The Kier molecular flexibility index (Phi) is 47.8. The topological polar surface area (TPSA) is 108 Å². The van der Waals surface area contributed by atoms with Crippen LogP contribution in [0.15, 0.2) is 24.3 Å². The molecule has 366 valence electrons. The van der Waals surface area contributed by atoms with Crippen LogP contribution in [0.3, 0.4) is 0 Å². The Hall–Kier alpha value is -1.47. The standard InChI is InChI=1S/C53H101O8P/c1-4-6-8-10-12-14-16-18-20-22-24-25-26-27-28-30-31-33-35-37-39-41-43-45-47-52(54)59-49-51(50-60-62(56,57)58-3)61-53(55)48-46-44-42-40-38-36-34-32-29-23-21-19-17-15-13-11-9-7-5-2/h13,15,19,21,51H,4-12,14,16-18,20,22-50H2,1-3H3,(H,56,57)/b15-13-,21-19-. The monoisotopic (exact) mass is 897 g/mol. The number of phosphoric acid groups is 1. The van der Waals surface area contributed by atoms with Gasteiger partial charge in [0.15, 0.2) is 6.10 Å². The van der Waals surface area contributed by atoms with E-state index in [2.05, 4.69) is 42.7 Å². The average molecular weight is 897 g/mol. The minimum absolute atomic E-state index is 0.222. The second-order valence-electron chi connectivity index (χ2n) is 18.0.